The lowest BCUT2D eigenvalue weighted by atomic mass is 9.71. The van der Waals surface area contributed by atoms with Gasteiger partial charge in [0, 0.05) is 11.0 Å². The zero-order chi connectivity index (χ0) is 14.2. The van der Waals surface area contributed by atoms with Crippen molar-refractivity contribution in [3.63, 3.8) is 0 Å². The molecule has 2 saturated carbocycles. The number of rotatable bonds is 1. The summed E-state index contributed by atoms with van der Waals surface area (Å²) in [7, 11) is 0. The van der Waals surface area contributed by atoms with E-state index >= 15 is 0 Å². The summed E-state index contributed by atoms with van der Waals surface area (Å²) >= 11 is 6.15. The Morgan fingerprint density at radius 2 is 2.05 bits per heavy atom. The second-order valence-corrected chi connectivity index (χ2v) is 7.03. The molecule has 4 heteroatoms. The summed E-state index contributed by atoms with van der Waals surface area (Å²) in [6.45, 7) is 7.75. The van der Waals surface area contributed by atoms with E-state index in [-0.39, 0.29) is 11.7 Å². The normalized spacial score (nSPS) is 44.8. The Balaban J connectivity index is 2.04. The highest BCUT2D eigenvalue weighted by Crippen LogP contribution is 2.67. The van der Waals surface area contributed by atoms with Crippen LogP contribution in [0.15, 0.2) is 22.8 Å². The van der Waals surface area contributed by atoms with Crippen molar-refractivity contribution < 1.29 is 14.7 Å². The van der Waals surface area contributed by atoms with E-state index in [2.05, 4.69) is 6.58 Å². The lowest BCUT2D eigenvalue weighted by Gasteiger charge is -2.31. The van der Waals surface area contributed by atoms with E-state index in [4.69, 9.17) is 11.6 Å². The molecule has 0 aromatic rings. The Bertz CT molecular complexity index is 562. The Morgan fingerprint density at radius 3 is 2.63 bits per heavy atom. The number of carboxylic acid groups (broad SMARTS) is 1. The van der Waals surface area contributed by atoms with E-state index in [1.54, 1.807) is 0 Å². The molecule has 0 radical (unpaired) electrons. The van der Waals surface area contributed by atoms with Gasteiger partial charge in [-0.05, 0) is 43.6 Å². The summed E-state index contributed by atoms with van der Waals surface area (Å²) in [4.78, 5) is 23.4. The molecule has 0 unspecified atom stereocenters. The summed E-state index contributed by atoms with van der Waals surface area (Å²) < 4.78 is 0. The fourth-order valence-corrected chi connectivity index (χ4v) is 4.84. The lowest BCUT2D eigenvalue weighted by Crippen LogP contribution is -2.29. The third-order valence-corrected chi connectivity index (χ3v) is 6.07. The molecular formula is C15H17ClO3. The molecule has 0 amide bonds. The summed E-state index contributed by atoms with van der Waals surface area (Å²) in [6.07, 6.45) is 2.01. The van der Waals surface area contributed by atoms with E-state index in [9.17, 15) is 14.7 Å². The summed E-state index contributed by atoms with van der Waals surface area (Å²) in [5, 5.41) is 9.73. The summed E-state index contributed by atoms with van der Waals surface area (Å²) in [6, 6.07) is 0. The lowest BCUT2D eigenvalue weighted by molar-refractivity contribution is -0.148. The molecule has 0 heterocycles. The van der Waals surface area contributed by atoms with Gasteiger partial charge in [-0.2, -0.15) is 0 Å². The van der Waals surface area contributed by atoms with Gasteiger partial charge in [0.1, 0.15) is 0 Å². The van der Waals surface area contributed by atoms with Crippen LogP contribution in [-0.4, -0.2) is 16.9 Å². The first-order valence-corrected chi connectivity index (χ1v) is 6.96. The van der Waals surface area contributed by atoms with E-state index in [1.165, 1.54) is 0 Å². The van der Waals surface area contributed by atoms with Crippen LogP contribution in [0.5, 0.6) is 0 Å². The molecule has 3 rings (SSSR count). The molecule has 2 fully saturated rings. The average molecular weight is 281 g/mol. The predicted octanol–water partition coefficient (Wildman–Crippen LogP) is 3.15. The van der Waals surface area contributed by atoms with Crippen molar-refractivity contribution in [3.05, 3.63) is 22.8 Å². The van der Waals surface area contributed by atoms with Crippen LogP contribution in [0, 0.1) is 22.7 Å². The highest BCUT2D eigenvalue weighted by atomic mass is 35.5. The van der Waals surface area contributed by atoms with E-state index in [1.807, 2.05) is 13.8 Å². The quantitative estimate of drug-likeness (QED) is 0.751. The van der Waals surface area contributed by atoms with Crippen molar-refractivity contribution in [1.29, 1.82) is 0 Å². The van der Waals surface area contributed by atoms with Crippen LogP contribution in [0.25, 0.3) is 0 Å². The fraction of sp³-hybridized carbons (Fsp3) is 0.600. The van der Waals surface area contributed by atoms with Crippen LogP contribution in [0.4, 0.5) is 0 Å². The van der Waals surface area contributed by atoms with Gasteiger partial charge < -0.3 is 5.11 Å². The number of aliphatic carboxylic acids is 1. The van der Waals surface area contributed by atoms with Crippen LogP contribution in [0.3, 0.4) is 0 Å². The number of allylic oxidation sites excluding steroid dienone is 3. The van der Waals surface area contributed by atoms with Crippen LogP contribution >= 0.6 is 11.6 Å². The van der Waals surface area contributed by atoms with Crippen LogP contribution < -0.4 is 0 Å². The molecule has 0 saturated heterocycles. The van der Waals surface area contributed by atoms with Gasteiger partial charge in [-0.15, -0.1) is 0 Å². The maximum Gasteiger partial charge on any atom is 0.309 e. The topological polar surface area (TPSA) is 54.4 Å². The maximum atomic E-state index is 12.0. The second kappa shape index (κ2) is 3.51. The smallest absolute Gasteiger partial charge is 0.309 e. The SMILES string of the molecule is C=C1C(=O)C(Cl)=C2C[C@H]3C[C@](C)(C(=O)O)C[C@H]3[C@]12C. The molecular weight excluding hydrogens is 264 g/mol. The second-order valence-electron chi connectivity index (χ2n) is 6.65. The van der Waals surface area contributed by atoms with Crippen molar-refractivity contribution in [2.24, 2.45) is 22.7 Å². The zero-order valence-corrected chi connectivity index (χ0v) is 11.9. The maximum absolute atomic E-state index is 12.0. The van der Waals surface area contributed by atoms with Crippen molar-refractivity contribution in [3.8, 4) is 0 Å². The minimum absolute atomic E-state index is 0.151. The molecule has 0 bridgehead atoms. The van der Waals surface area contributed by atoms with Crippen molar-refractivity contribution in [2.45, 2.75) is 33.1 Å². The Hall–Kier alpha value is -1.09. The Morgan fingerprint density at radius 1 is 1.42 bits per heavy atom. The highest BCUT2D eigenvalue weighted by molar-refractivity contribution is 6.47. The first kappa shape index (κ1) is 12.9. The van der Waals surface area contributed by atoms with Gasteiger partial charge in [0.25, 0.3) is 0 Å². The number of carboxylic acids is 1. The molecule has 19 heavy (non-hydrogen) atoms. The van der Waals surface area contributed by atoms with E-state index in [0.717, 1.165) is 12.0 Å². The molecule has 1 N–H and O–H groups in total. The monoisotopic (exact) mass is 280 g/mol. The van der Waals surface area contributed by atoms with Gasteiger partial charge in [-0.1, -0.05) is 25.1 Å². The number of fused-ring (bicyclic) bond motifs is 3. The molecule has 3 aliphatic carbocycles. The van der Waals surface area contributed by atoms with Crippen molar-refractivity contribution >= 4 is 23.4 Å². The van der Waals surface area contributed by atoms with Gasteiger partial charge in [0.2, 0.25) is 5.78 Å². The zero-order valence-electron chi connectivity index (χ0n) is 11.1. The molecule has 4 atom stereocenters. The number of hydrogen-bond donors (Lipinski definition) is 1. The summed E-state index contributed by atoms with van der Waals surface area (Å²) in [5.41, 5.74) is 0.454. The molecule has 0 aromatic heterocycles. The van der Waals surface area contributed by atoms with Crippen molar-refractivity contribution in [2.75, 3.05) is 0 Å². The number of hydrogen-bond acceptors (Lipinski definition) is 2. The van der Waals surface area contributed by atoms with Crippen LogP contribution in [0.2, 0.25) is 0 Å². The molecule has 102 valence electrons. The first-order valence-electron chi connectivity index (χ1n) is 6.58. The van der Waals surface area contributed by atoms with E-state index in [0.29, 0.717) is 29.4 Å². The van der Waals surface area contributed by atoms with Gasteiger partial charge >= 0.3 is 5.97 Å². The number of ketones is 1. The first-order chi connectivity index (χ1) is 8.71. The van der Waals surface area contributed by atoms with Gasteiger partial charge in [0.15, 0.2) is 0 Å². The Labute approximate surface area is 117 Å². The fourth-order valence-electron chi connectivity index (χ4n) is 4.45. The number of carbonyl (C=O) groups is 2. The standard InChI is InChI=1S/C15H17ClO3/c1-7-12(17)11(16)9-4-8-5-14(2,13(18)19)6-10(8)15(7,9)3/h8,10H,1,4-6H2,2-3H3,(H,18,19)/t8-,10+,14-,15+/m0/s1. The minimum Gasteiger partial charge on any atom is -0.481 e. The van der Waals surface area contributed by atoms with Crippen LogP contribution in [-0.2, 0) is 9.59 Å². The number of carbonyl (C=O) groups excluding carboxylic acids is 1. The molecule has 3 nitrogen and oxygen atoms in total. The largest absolute Gasteiger partial charge is 0.481 e. The Kier molecular flexibility index (Phi) is 2.39. The average Bonchev–Trinajstić information content (AvgIpc) is 2.86. The number of halogens is 1. The molecule has 3 aliphatic rings. The minimum atomic E-state index is -0.739. The van der Waals surface area contributed by atoms with Crippen LogP contribution in [0.1, 0.15) is 33.1 Å². The predicted molar refractivity (Wildman–Crippen MR) is 71.7 cm³/mol. The molecule has 0 aliphatic heterocycles. The third-order valence-electron chi connectivity index (χ3n) is 5.67. The summed E-state index contributed by atoms with van der Waals surface area (Å²) in [5.74, 6) is -0.408. The highest BCUT2D eigenvalue weighted by Gasteiger charge is 2.63. The van der Waals surface area contributed by atoms with Crippen molar-refractivity contribution in [1.82, 2.24) is 0 Å². The van der Waals surface area contributed by atoms with Gasteiger partial charge in [-0.25, -0.2) is 0 Å². The van der Waals surface area contributed by atoms with Gasteiger partial charge in [-0.3, -0.25) is 9.59 Å². The third kappa shape index (κ3) is 1.34. The van der Waals surface area contributed by atoms with Gasteiger partial charge in [0.05, 0.1) is 10.4 Å². The number of Topliss-reactive ketones (excluding diaryl/α,β-unsaturated/α-hetero) is 1. The van der Waals surface area contributed by atoms with E-state index < -0.39 is 16.8 Å². The molecule has 0 spiro atoms. The molecule has 0 aromatic carbocycles.